The van der Waals surface area contributed by atoms with Crippen LogP contribution in [0.25, 0.3) is 5.57 Å². The largest absolute Gasteiger partial charge is 0.490 e. The van der Waals surface area contributed by atoms with Crippen LogP contribution in [0.4, 0.5) is 11.4 Å². The summed E-state index contributed by atoms with van der Waals surface area (Å²) < 4.78 is 5.30. The van der Waals surface area contributed by atoms with Crippen LogP contribution in [0.1, 0.15) is 31.2 Å². The van der Waals surface area contributed by atoms with Crippen LogP contribution in [-0.2, 0) is 0 Å². The van der Waals surface area contributed by atoms with Gasteiger partial charge in [-0.1, -0.05) is 12.8 Å². The molecular weight excluding hydrogens is 358 g/mol. The van der Waals surface area contributed by atoms with E-state index in [2.05, 4.69) is 15.1 Å². The Labute approximate surface area is 165 Å². The molecule has 3 rings (SSSR count). The second-order valence-electron chi connectivity index (χ2n) is 7.29. The fourth-order valence-electron chi connectivity index (χ4n) is 4.31. The summed E-state index contributed by atoms with van der Waals surface area (Å²) in [5.74, 6) is 0.246. The molecule has 0 radical (unpaired) electrons. The maximum atomic E-state index is 11.5. The number of methoxy groups -OCH3 is 1. The number of allylic oxidation sites excluding steroid dienone is 1. The van der Waals surface area contributed by atoms with Gasteiger partial charge < -0.3 is 20.4 Å². The Hall–Kier alpha value is -2.61. The van der Waals surface area contributed by atoms with Crippen molar-refractivity contribution in [2.75, 3.05) is 45.2 Å². The SMILES string of the molecule is CN/C=C(\C=N)c1cc([N+](=O)[O-])c(OC)cc1N1CCN(C2CCCC2)CC1. The van der Waals surface area contributed by atoms with Crippen LogP contribution in [0.3, 0.4) is 0 Å². The zero-order valence-corrected chi connectivity index (χ0v) is 16.6. The molecule has 0 spiro atoms. The number of rotatable bonds is 7. The zero-order valence-electron chi connectivity index (χ0n) is 16.6. The van der Waals surface area contributed by atoms with Crippen LogP contribution < -0.4 is 15.0 Å². The van der Waals surface area contributed by atoms with Crippen molar-refractivity contribution in [1.82, 2.24) is 10.2 Å². The Morgan fingerprint density at radius 3 is 2.50 bits per heavy atom. The molecule has 2 fully saturated rings. The number of nitro groups is 1. The third-order valence-electron chi connectivity index (χ3n) is 5.76. The van der Waals surface area contributed by atoms with Crippen LogP contribution in [0.5, 0.6) is 5.75 Å². The first-order valence-electron chi connectivity index (χ1n) is 9.82. The molecule has 0 atom stereocenters. The van der Waals surface area contributed by atoms with Crippen molar-refractivity contribution in [2.24, 2.45) is 0 Å². The predicted octanol–water partition coefficient (Wildman–Crippen LogP) is 2.88. The Bertz CT molecular complexity index is 750. The van der Waals surface area contributed by atoms with E-state index in [-0.39, 0.29) is 11.4 Å². The van der Waals surface area contributed by atoms with Gasteiger partial charge in [0, 0.05) is 80.6 Å². The van der Waals surface area contributed by atoms with Crippen LogP contribution in [0, 0.1) is 15.5 Å². The van der Waals surface area contributed by atoms with E-state index in [1.807, 2.05) is 0 Å². The molecule has 1 aliphatic heterocycles. The lowest BCUT2D eigenvalue weighted by Gasteiger charge is -2.39. The molecule has 8 heteroatoms. The molecule has 0 aromatic heterocycles. The van der Waals surface area contributed by atoms with Crippen LogP contribution in [0.2, 0.25) is 0 Å². The van der Waals surface area contributed by atoms with E-state index in [1.54, 1.807) is 19.3 Å². The minimum atomic E-state index is -0.439. The molecule has 1 aliphatic carbocycles. The number of anilines is 1. The molecule has 1 aromatic carbocycles. The molecule has 0 amide bonds. The predicted molar refractivity (Wildman–Crippen MR) is 112 cm³/mol. The summed E-state index contributed by atoms with van der Waals surface area (Å²) in [6.07, 6.45) is 8.15. The third kappa shape index (κ3) is 4.11. The number of hydrogen-bond donors (Lipinski definition) is 2. The summed E-state index contributed by atoms with van der Waals surface area (Å²) >= 11 is 0. The minimum absolute atomic E-state index is 0.0882. The van der Waals surface area contributed by atoms with Crippen molar-refractivity contribution in [3.05, 3.63) is 34.0 Å². The van der Waals surface area contributed by atoms with E-state index in [4.69, 9.17) is 10.1 Å². The van der Waals surface area contributed by atoms with E-state index in [0.717, 1.165) is 31.9 Å². The molecule has 8 nitrogen and oxygen atoms in total. The fraction of sp³-hybridized carbons (Fsp3) is 0.550. The number of nitrogens with zero attached hydrogens (tertiary/aromatic N) is 3. The summed E-state index contributed by atoms with van der Waals surface area (Å²) in [4.78, 5) is 15.9. The standard InChI is InChI=1S/C20H29N5O3/c1-22-14-15(13-21)17-11-19(25(26)27)20(28-2)12-18(17)24-9-7-23(8-10-24)16-5-3-4-6-16/h11-14,16,21-22H,3-10H2,1-2H3/b15-14+,21-13?. The summed E-state index contributed by atoms with van der Waals surface area (Å²) in [6, 6.07) is 3.96. The number of piperazine rings is 1. The van der Waals surface area contributed by atoms with Gasteiger partial charge in [-0.15, -0.1) is 0 Å². The minimum Gasteiger partial charge on any atom is -0.490 e. The van der Waals surface area contributed by atoms with Crippen molar-refractivity contribution in [2.45, 2.75) is 31.7 Å². The number of nitro benzene ring substituents is 1. The van der Waals surface area contributed by atoms with Gasteiger partial charge >= 0.3 is 5.69 Å². The number of benzene rings is 1. The molecule has 1 saturated heterocycles. The van der Waals surface area contributed by atoms with E-state index >= 15 is 0 Å². The van der Waals surface area contributed by atoms with Gasteiger partial charge in [-0.3, -0.25) is 15.0 Å². The average molecular weight is 387 g/mol. The first kappa shape index (κ1) is 20.1. The second kappa shape index (κ2) is 9.05. The van der Waals surface area contributed by atoms with Gasteiger partial charge in [0.2, 0.25) is 0 Å². The highest BCUT2D eigenvalue weighted by Gasteiger charge is 2.29. The highest BCUT2D eigenvalue weighted by atomic mass is 16.6. The van der Waals surface area contributed by atoms with Crippen LogP contribution in [0.15, 0.2) is 18.3 Å². The van der Waals surface area contributed by atoms with Crippen molar-refractivity contribution >= 4 is 23.2 Å². The Kier molecular flexibility index (Phi) is 6.51. The van der Waals surface area contributed by atoms with E-state index in [9.17, 15) is 10.1 Å². The van der Waals surface area contributed by atoms with Gasteiger partial charge in [0.25, 0.3) is 0 Å². The molecule has 1 heterocycles. The molecular formula is C20H29N5O3. The molecule has 0 unspecified atom stereocenters. The smallest absolute Gasteiger partial charge is 0.311 e. The van der Waals surface area contributed by atoms with Crippen LogP contribution >= 0.6 is 0 Å². The van der Waals surface area contributed by atoms with Gasteiger partial charge in [0.1, 0.15) is 0 Å². The van der Waals surface area contributed by atoms with Crippen molar-refractivity contribution in [1.29, 1.82) is 5.41 Å². The summed E-state index contributed by atoms with van der Waals surface area (Å²) in [5.41, 5.74) is 2.06. The highest BCUT2D eigenvalue weighted by molar-refractivity contribution is 6.11. The zero-order chi connectivity index (χ0) is 20.1. The van der Waals surface area contributed by atoms with Gasteiger partial charge in [-0.2, -0.15) is 0 Å². The van der Waals surface area contributed by atoms with E-state index in [0.29, 0.717) is 17.2 Å². The molecule has 1 saturated carbocycles. The second-order valence-corrected chi connectivity index (χ2v) is 7.29. The Morgan fingerprint density at radius 2 is 1.96 bits per heavy atom. The van der Waals surface area contributed by atoms with Crippen LogP contribution in [-0.4, -0.2) is 62.4 Å². The Balaban J connectivity index is 1.93. The number of ether oxygens (including phenoxy) is 1. The summed E-state index contributed by atoms with van der Waals surface area (Å²) in [7, 11) is 3.20. The van der Waals surface area contributed by atoms with E-state index in [1.165, 1.54) is 45.1 Å². The van der Waals surface area contributed by atoms with Gasteiger partial charge in [0.15, 0.2) is 5.75 Å². The lowest BCUT2D eigenvalue weighted by molar-refractivity contribution is -0.385. The van der Waals surface area contributed by atoms with Gasteiger partial charge in [0.05, 0.1) is 12.0 Å². The van der Waals surface area contributed by atoms with Gasteiger partial charge in [-0.05, 0) is 12.8 Å². The fourth-order valence-corrected chi connectivity index (χ4v) is 4.31. The Morgan fingerprint density at radius 1 is 1.29 bits per heavy atom. The average Bonchev–Trinajstić information content (AvgIpc) is 3.26. The monoisotopic (exact) mass is 387 g/mol. The lowest BCUT2D eigenvalue weighted by atomic mass is 10.0. The summed E-state index contributed by atoms with van der Waals surface area (Å²) in [5, 5.41) is 22.2. The normalized spacial score (nSPS) is 18.9. The van der Waals surface area contributed by atoms with Crippen molar-refractivity contribution in [3.8, 4) is 5.75 Å². The third-order valence-corrected chi connectivity index (χ3v) is 5.76. The first-order chi connectivity index (χ1) is 13.6. The molecule has 2 N–H and O–H groups in total. The lowest BCUT2D eigenvalue weighted by Crippen LogP contribution is -2.50. The maximum Gasteiger partial charge on any atom is 0.311 e. The van der Waals surface area contributed by atoms with Crippen molar-refractivity contribution in [3.63, 3.8) is 0 Å². The van der Waals surface area contributed by atoms with E-state index < -0.39 is 4.92 Å². The quantitative estimate of drug-likeness (QED) is 0.424. The topological polar surface area (TPSA) is 94.7 Å². The maximum absolute atomic E-state index is 11.5. The molecule has 28 heavy (non-hydrogen) atoms. The van der Waals surface area contributed by atoms with Gasteiger partial charge in [-0.25, -0.2) is 0 Å². The number of nitrogens with one attached hydrogen (secondary N) is 2. The highest BCUT2D eigenvalue weighted by Crippen LogP contribution is 2.38. The molecule has 152 valence electrons. The first-order valence-corrected chi connectivity index (χ1v) is 9.82. The summed E-state index contributed by atoms with van der Waals surface area (Å²) in [6.45, 7) is 3.68. The molecule has 2 aliphatic rings. The molecule has 1 aromatic rings. The number of hydrogen-bond acceptors (Lipinski definition) is 7. The van der Waals surface area contributed by atoms with Crippen molar-refractivity contribution < 1.29 is 9.66 Å². The molecule has 0 bridgehead atoms.